The molecule has 2 aromatic carbocycles. The predicted octanol–water partition coefficient (Wildman–Crippen LogP) is 3.20. The van der Waals surface area contributed by atoms with E-state index in [-0.39, 0.29) is 17.2 Å². The molecule has 2 rings (SSSR count). The fourth-order valence-corrected chi connectivity index (χ4v) is 2.94. The van der Waals surface area contributed by atoms with Gasteiger partial charge >= 0.3 is 6.03 Å². The average Bonchev–Trinajstić information content (AvgIpc) is 2.56. The zero-order valence-corrected chi connectivity index (χ0v) is 14.8. The SMILES string of the molecule is CCC(=O)Nc1cccc(S(=O)(=O)NC(=O)Nc2ccc(Cl)cc2)c1. The Balaban J connectivity index is 2.10. The molecule has 0 aliphatic heterocycles. The highest BCUT2D eigenvalue weighted by molar-refractivity contribution is 7.90. The van der Waals surface area contributed by atoms with Crippen molar-refractivity contribution in [1.82, 2.24) is 4.72 Å². The van der Waals surface area contributed by atoms with Crippen LogP contribution in [0.3, 0.4) is 0 Å². The van der Waals surface area contributed by atoms with Crippen LogP contribution in [-0.4, -0.2) is 20.4 Å². The second-order valence-corrected chi connectivity index (χ2v) is 7.11. The lowest BCUT2D eigenvalue weighted by Crippen LogP contribution is -2.34. The minimum Gasteiger partial charge on any atom is -0.326 e. The van der Waals surface area contributed by atoms with E-state index in [1.807, 2.05) is 4.72 Å². The Kier molecular flexibility index (Phi) is 6.00. The van der Waals surface area contributed by atoms with E-state index in [9.17, 15) is 18.0 Å². The number of benzene rings is 2. The number of halogens is 1. The summed E-state index contributed by atoms with van der Waals surface area (Å²) in [6.45, 7) is 1.68. The van der Waals surface area contributed by atoms with Crippen molar-refractivity contribution in [2.24, 2.45) is 0 Å². The van der Waals surface area contributed by atoms with E-state index in [0.717, 1.165) is 0 Å². The minimum atomic E-state index is -4.09. The maximum absolute atomic E-state index is 12.3. The molecule has 132 valence electrons. The summed E-state index contributed by atoms with van der Waals surface area (Å²) < 4.78 is 26.5. The van der Waals surface area contributed by atoms with Gasteiger partial charge in [0.25, 0.3) is 10.0 Å². The molecule has 2 aromatic rings. The maximum Gasteiger partial charge on any atom is 0.333 e. The second kappa shape index (κ2) is 8.00. The summed E-state index contributed by atoms with van der Waals surface area (Å²) in [5.74, 6) is -0.247. The molecule has 3 amide bonds. The quantitative estimate of drug-likeness (QED) is 0.739. The number of urea groups is 1. The summed E-state index contributed by atoms with van der Waals surface area (Å²) in [6.07, 6.45) is 0.263. The molecule has 0 saturated carbocycles. The van der Waals surface area contributed by atoms with Gasteiger partial charge in [0.1, 0.15) is 0 Å². The molecule has 0 aliphatic carbocycles. The lowest BCUT2D eigenvalue weighted by Gasteiger charge is -2.10. The molecule has 0 bridgehead atoms. The lowest BCUT2D eigenvalue weighted by atomic mass is 10.3. The summed E-state index contributed by atoms with van der Waals surface area (Å²) >= 11 is 5.74. The Morgan fingerprint density at radius 3 is 2.32 bits per heavy atom. The van der Waals surface area contributed by atoms with Gasteiger partial charge in [-0.2, -0.15) is 0 Å². The third kappa shape index (κ3) is 5.47. The molecule has 0 aliphatic rings. The van der Waals surface area contributed by atoms with Crippen LogP contribution in [0, 0.1) is 0 Å². The van der Waals surface area contributed by atoms with Gasteiger partial charge in [0, 0.05) is 22.8 Å². The van der Waals surface area contributed by atoms with Crippen molar-refractivity contribution in [1.29, 1.82) is 0 Å². The van der Waals surface area contributed by atoms with Crippen molar-refractivity contribution in [3.8, 4) is 0 Å². The highest BCUT2D eigenvalue weighted by atomic mass is 35.5. The number of rotatable bonds is 5. The molecule has 0 heterocycles. The molecule has 0 atom stereocenters. The van der Waals surface area contributed by atoms with Gasteiger partial charge < -0.3 is 10.6 Å². The summed E-state index contributed by atoms with van der Waals surface area (Å²) in [6, 6.07) is 10.9. The van der Waals surface area contributed by atoms with Crippen molar-refractivity contribution in [2.45, 2.75) is 18.2 Å². The highest BCUT2D eigenvalue weighted by Gasteiger charge is 2.18. The molecule has 0 saturated heterocycles. The first-order valence-electron chi connectivity index (χ1n) is 7.29. The van der Waals surface area contributed by atoms with Gasteiger partial charge in [0.05, 0.1) is 4.90 Å². The highest BCUT2D eigenvalue weighted by Crippen LogP contribution is 2.16. The summed E-state index contributed by atoms with van der Waals surface area (Å²) in [5, 5.41) is 5.44. The second-order valence-electron chi connectivity index (χ2n) is 5.00. The van der Waals surface area contributed by atoms with Crippen LogP contribution < -0.4 is 15.4 Å². The topological polar surface area (TPSA) is 104 Å². The molecule has 0 radical (unpaired) electrons. The number of carbonyl (C=O) groups excluding carboxylic acids is 2. The number of anilines is 2. The number of amides is 3. The van der Waals surface area contributed by atoms with Crippen molar-refractivity contribution >= 4 is 44.9 Å². The molecule has 0 fully saturated rings. The Hall–Kier alpha value is -2.58. The number of hydrogen-bond donors (Lipinski definition) is 3. The monoisotopic (exact) mass is 381 g/mol. The van der Waals surface area contributed by atoms with Crippen LogP contribution in [0.4, 0.5) is 16.2 Å². The van der Waals surface area contributed by atoms with E-state index in [1.54, 1.807) is 25.1 Å². The third-order valence-corrected chi connectivity index (χ3v) is 4.66. The number of nitrogens with one attached hydrogen (secondary N) is 3. The van der Waals surface area contributed by atoms with Gasteiger partial charge in [-0.1, -0.05) is 24.6 Å². The molecule has 25 heavy (non-hydrogen) atoms. The summed E-state index contributed by atoms with van der Waals surface area (Å²) in [5.41, 5.74) is 0.717. The van der Waals surface area contributed by atoms with E-state index in [4.69, 9.17) is 11.6 Å². The van der Waals surface area contributed by atoms with Gasteiger partial charge in [0.2, 0.25) is 5.91 Å². The fraction of sp³-hybridized carbons (Fsp3) is 0.125. The fourth-order valence-electron chi connectivity index (χ4n) is 1.86. The Labute approximate surface area is 150 Å². The van der Waals surface area contributed by atoms with Crippen LogP contribution in [0.25, 0.3) is 0 Å². The van der Waals surface area contributed by atoms with E-state index < -0.39 is 16.1 Å². The van der Waals surface area contributed by atoms with Crippen LogP contribution in [0.1, 0.15) is 13.3 Å². The lowest BCUT2D eigenvalue weighted by molar-refractivity contribution is -0.115. The van der Waals surface area contributed by atoms with Crippen LogP contribution in [-0.2, 0) is 14.8 Å². The van der Waals surface area contributed by atoms with Crippen LogP contribution >= 0.6 is 11.6 Å². The molecular formula is C16H16ClN3O4S. The number of carbonyl (C=O) groups is 2. The van der Waals surface area contributed by atoms with Gasteiger partial charge in [-0.05, 0) is 42.5 Å². The third-order valence-electron chi connectivity index (χ3n) is 3.08. The van der Waals surface area contributed by atoms with E-state index in [0.29, 0.717) is 16.4 Å². The standard InChI is InChI=1S/C16H16ClN3O4S/c1-2-15(21)18-13-4-3-5-14(10-13)25(23,24)20-16(22)19-12-8-6-11(17)7-9-12/h3-10H,2H2,1H3,(H,18,21)(H2,19,20,22). The molecule has 9 heteroatoms. The first kappa shape index (κ1) is 18.8. The summed E-state index contributed by atoms with van der Waals surface area (Å²) in [4.78, 5) is 23.1. The van der Waals surface area contributed by atoms with Gasteiger partial charge in [-0.25, -0.2) is 17.9 Å². The largest absolute Gasteiger partial charge is 0.333 e. The molecule has 7 nitrogen and oxygen atoms in total. The molecular weight excluding hydrogens is 366 g/mol. The normalized spacial score (nSPS) is 10.8. The van der Waals surface area contributed by atoms with E-state index in [2.05, 4.69) is 10.6 Å². The van der Waals surface area contributed by atoms with Gasteiger partial charge in [-0.15, -0.1) is 0 Å². The molecule has 0 unspecified atom stereocenters. The zero-order valence-electron chi connectivity index (χ0n) is 13.2. The summed E-state index contributed by atoms with van der Waals surface area (Å²) in [7, 11) is -4.09. The number of sulfonamides is 1. The Morgan fingerprint density at radius 2 is 1.68 bits per heavy atom. The van der Waals surface area contributed by atoms with Crippen molar-refractivity contribution < 1.29 is 18.0 Å². The average molecular weight is 382 g/mol. The van der Waals surface area contributed by atoms with Crippen molar-refractivity contribution in [3.63, 3.8) is 0 Å². The Morgan fingerprint density at radius 1 is 1.00 bits per heavy atom. The van der Waals surface area contributed by atoms with Crippen molar-refractivity contribution in [2.75, 3.05) is 10.6 Å². The minimum absolute atomic E-state index is 0.146. The van der Waals surface area contributed by atoms with E-state index in [1.165, 1.54) is 30.3 Å². The maximum atomic E-state index is 12.3. The van der Waals surface area contributed by atoms with Gasteiger partial charge in [-0.3, -0.25) is 4.79 Å². The first-order chi connectivity index (χ1) is 11.8. The Bertz CT molecular complexity index is 883. The van der Waals surface area contributed by atoms with Crippen LogP contribution in [0.15, 0.2) is 53.4 Å². The first-order valence-corrected chi connectivity index (χ1v) is 9.15. The van der Waals surface area contributed by atoms with E-state index >= 15 is 0 Å². The predicted molar refractivity (Wildman–Crippen MR) is 96.2 cm³/mol. The van der Waals surface area contributed by atoms with Gasteiger partial charge in [0.15, 0.2) is 0 Å². The zero-order chi connectivity index (χ0) is 18.4. The molecule has 3 N–H and O–H groups in total. The van der Waals surface area contributed by atoms with Crippen molar-refractivity contribution in [3.05, 3.63) is 53.6 Å². The van der Waals surface area contributed by atoms with Crippen LogP contribution in [0.5, 0.6) is 0 Å². The molecule has 0 spiro atoms. The van der Waals surface area contributed by atoms with Crippen LogP contribution in [0.2, 0.25) is 5.02 Å². The molecule has 0 aromatic heterocycles. The number of hydrogen-bond acceptors (Lipinski definition) is 4. The smallest absolute Gasteiger partial charge is 0.326 e.